The van der Waals surface area contributed by atoms with Gasteiger partial charge in [0.1, 0.15) is 17.0 Å². The molecule has 30 heavy (non-hydrogen) atoms. The largest absolute Gasteiger partial charge is 0.462 e. The molecule has 1 aromatic heterocycles. The van der Waals surface area contributed by atoms with E-state index < -0.39 is 17.6 Å². The number of ether oxygens (including phenoxy) is 1. The van der Waals surface area contributed by atoms with Crippen molar-refractivity contribution in [1.82, 2.24) is 9.97 Å². The highest BCUT2D eigenvalue weighted by atomic mass is 19.4. The average Bonchev–Trinajstić information content (AvgIpc) is 3.15. The molecule has 0 aliphatic rings. The Labute approximate surface area is 170 Å². The molecule has 6 nitrogen and oxygen atoms in total. The summed E-state index contributed by atoms with van der Waals surface area (Å²) in [7, 11) is 1.65. The third kappa shape index (κ3) is 4.86. The second-order valence-electron chi connectivity index (χ2n) is 6.26. The maximum atomic E-state index is 13.1. The van der Waals surface area contributed by atoms with Gasteiger partial charge in [-0.25, -0.2) is 4.98 Å². The van der Waals surface area contributed by atoms with Gasteiger partial charge in [0.05, 0.1) is 11.1 Å². The van der Waals surface area contributed by atoms with Crippen LogP contribution in [0.5, 0.6) is 5.75 Å². The van der Waals surface area contributed by atoms with E-state index in [0.29, 0.717) is 23.6 Å². The number of anilines is 1. The van der Waals surface area contributed by atoms with Crippen LogP contribution < -0.4 is 10.1 Å². The zero-order valence-corrected chi connectivity index (χ0v) is 16.2. The fraction of sp³-hybridized carbons (Fsp3) is 0.190. The Balaban J connectivity index is 1.81. The first-order valence-electron chi connectivity index (χ1n) is 9.08. The van der Waals surface area contributed by atoms with Gasteiger partial charge in [-0.3, -0.25) is 9.79 Å². The van der Waals surface area contributed by atoms with Crippen LogP contribution in [-0.2, 0) is 6.18 Å². The van der Waals surface area contributed by atoms with Crippen molar-refractivity contribution in [3.05, 3.63) is 65.7 Å². The number of nitrogens with one attached hydrogen (secondary N) is 2. The number of allylic oxidation sites excluding steroid dienone is 2. The first-order chi connectivity index (χ1) is 14.3. The lowest BCUT2D eigenvalue weighted by Crippen LogP contribution is -2.13. The number of rotatable bonds is 6. The fourth-order valence-corrected chi connectivity index (χ4v) is 2.73. The molecule has 9 heteroatoms. The molecule has 0 radical (unpaired) electrons. The van der Waals surface area contributed by atoms with Gasteiger partial charge in [0.25, 0.3) is 5.91 Å². The molecule has 2 aromatic carbocycles. The predicted octanol–water partition coefficient (Wildman–Crippen LogP) is 5.21. The number of benzene rings is 2. The van der Waals surface area contributed by atoms with Crippen LogP contribution in [0.2, 0.25) is 0 Å². The number of fused-ring (bicyclic) bond motifs is 1. The number of aromatic nitrogens is 2. The number of hydrogen-bond acceptors (Lipinski definition) is 4. The fourth-order valence-electron chi connectivity index (χ4n) is 2.73. The van der Waals surface area contributed by atoms with Crippen molar-refractivity contribution in [2.45, 2.75) is 19.5 Å². The molecule has 0 atom stereocenters. The van der Waals surface area contributed by atoms with Gasteiger partial charge in [0.2, 0.25) is 0 Å². The molecule has 0 unspecified atom stereocenters. The van der Waals surface area contributed by atoms with Crippen LogP contribution >= 0.6 is 0 Å². The number of aliphatic imine (C=N–C) groups is 1. The summed E-state index contributed by atoms with van der Waals surface area (Å²) >= 11 is 0. The van der Waals surface area contributed by atoms with Crippen LogP contribution in [0.4, 0.5) is 18.9 Å². The standard InChI is InChI=1S/C21H19F3N4O2/c1-3-14(10-11-25-2)30-15-7-4-6-13(12-15)26-20(29)19-27-17-9-5-8-16(18(17)28-19)21(22,23)24/h4-12H,3H2,1-2H3,(H,26,29)(H,27,28)/b14-10+,25-11?. The summed E-state index contributed by atoms with van der Waals surface area (Å²) in [5.74, 6) is 0.289. The molecule has 0 aliphatic heterocycles. The van der Waals surface area contributed by atoms with Crippen LogP contribution in [0.25, 0.3) is 11.0 Å². The minimum absolute atomic E-state index is 0.127. The first-order valence-corrected chi connectivity index (χ1v) is 9.08. The van der Waals surface area contributed by atoms with Crippen LogP contribution in [0, 0.1) is 0 Å². The molecule has 0 fully saturated rings. The second-order valence-corrected chi connectivity index (χ2v) is 6.26. The van der Waals surface area contributed by atoms with Crippen molar-refractivity contribution in [2.75, 3.05) is 12.4 Å². The number of hydrogen-bond donors (Lipinski definition) is 2. The number of nitrogens with zero attached hydrogens (tertiary/aromatic N) is 2. The lowest BCUT2D eigenvalue weighted by atomic mass is 10.2. The summed E-state index contributed by atoms with van der Waals surface area (Å²) in [6.07, 6.45) is -0.580. The Bertz CT molecular complexity index is 1120. The van der Waals surface area contributed by atoms with E-state index in [1.165, 1.54) is 12.1 Å². The van der Waals surface area contributed by atoms with Gasteiger partial charge >= 0.3 is 6.18 Å². The molecule has 0 bridgehead atoms. The highest BCUT2D eigenvalue weighted by molar-refractivity contribution is 6.03. The summed E-state index contributed by atoms with van der Waals surface area (Å²) in [6, 6.07) is 10.3. The van der Waals surface area contributed by atoms with Crippen molar-refractivity contribution in [2.24, 2.45) is 4.99 Å². The first kappa shape index (κ1) is 21.1. The summed E-state index contributed by atoms with van der Waals surface area (Å²) in [6.45, 7) is 1.93. The van der Waals surface area contributed by atoms with Gasteiger partial charge in [-0.05, 0) is 30.3 Å². The molecule has 2 N–H and O–H groups in total. The predicted molar refractivity (Wildman–Crippen MR) is 109 cm³/mol. The molecule has 156 valence electrons. The number of imidazole rings is 1. The Kier molecular flexibility index (Phi) is 6.20. The summed E-state index contributed by atoms with van der Waals surface area (Å²) < 4.78 is 45.2. The van der Waals surface area contributed by atoms with E-state index in [0.717, 1.165) is 6.07 Å². The summed E-state index contributed by atoms with van der Waals surface area (Å²) in [5.41, 5.74) is -0.668. The van der Waals surface area contributed by atoms with Crippen LogP contribution in [0.15, 0.2) is 59.3 Å². The number of para-hydroxylation sites is 1. The smallest absolute Gasteiger partial charge is 0.418 e. The van der Waals surface area contributed by atoms with Gasteiger partial charge in [-0.1, -0.05) is 19.1 Å². The Morgan fingerprint density at radius 3 is 2.73 bits per heavy atom. The van der Waals surface area contributed by atoms with Crippen molar-refractivity contribution in [3.8, 4) is 5.75 Å². The highest BCUT2D eigenvalue weighted by Gasteiger charge is 2.34. The van der Waals surface area contributed by atoms with Crippen molar-refractivity contribution in [1.29, 1.82) is 0 Å². The SMILES string of the molecule is CC/C(=C\C=NC)Oc1cccc(NC(=O)c2nc3c(C(F)(F)F)cccc3[nH]2)c1. The number of carbonyl (C=O) groups is 1. The molecule has 3 aromatic rings. The molecule has 1 heterocycles. The van der Waals surface area contributed by atoms with Crippen LogP contribution in [0.3, 0.4) is 0 Å². The zero-order valence-electron chi connectivity index (χ0n) is 16.2. The Morgan fingerprint density at radius 2 is 2.03 bits per heavy atom. The highest BCUT2D eigenvalue weighted by Crippen LogP contribution is 2.33. The number of alkyl halides is 3. The van der Waals surface area contributed by atoms with E-state index in [1.807, 2.05) is 6.92 Å². The van der Waals surface area contributed by atoms with Gasteiger partial charge in [-0.2, -0.15) is 13.2 Å². The van der Waals surface area contributed by atoms with Crippen LogP contribution in [-0.4, -0.2) is 29.1 Å². The van der Waals surface area contributed by atoms with E-state index in [9.17, 15) is 18.0 Å². The van der Waals surface area contributed by atoms with E-state index in [1.54, 1.807) is 43.6 Å². The van der Waals surface area contributed by atoms with E-state index >= 15 is 0 Å². The van der Waals surface area contributed by atoms with Crippen molar-refractivity contribution in [3.63, 3.8) is 0 Å². The molecule has 3 rings (SSSR count). The van der Waals surface area contributed by atoms with Crippen molar-refractivity contribution >= 4 is 28.8 Å². The maximum Gasteiger partial charge on any atom is 0.418 e. The third-order valence-corrected chi connectivity index (χ3v) is 4.13. The Hall–Kier alpha value is -3.62. The molecular formula is C21H19F3N4O2. The molecule has 0 saturated heterocycles. The van der Waals surface area contributed by atoms with E-state index in [4.69, 9.17) is 4.74 Å². The number of H-pyrrole nitrogens is 1. The number of aromatic amines is 1. The Morgan fingerprint density at radius 1 is 1.27 bits per heavy atom. The maximum absolute atomic E-state index is 13.1. The normalized spacial score (nSPS) is 12.5. The van der Waals surface area contributed by atoms with E-state index in [2.05, 4.69) is 20.3 Å². The van der Waals surface area contributed by atoms with E-state index in [-0.39, 0.29) is 16.9 Å². The number of halogens is 3. The van der Waals surface area contributed by atoms with Crippen LogP contribution in [0.1, 0.15) is 29.5 Å². The van der Waals surface area contributed by atoms with Crippen molar-refractivity contribution < 1.29 is 22.7 Å². The lowest BCUT2D eigenvalue weighted by Gasteiger charge is -2.09. The van der Waals surface area contributed by atoms with Gasteiger partial charge < -0.3 is 15.0 Å². The van der Waals surface area contributed by atoms with Gasteiger partial charge in [0, 0.05) is 31.4 Å². The minimum atomic E-state index is -4.57. The molecule has 0 saturated carbocycles. The third-order valence-electron chi connectivity index (χ3n) is 4.13. The monoisotopic (exact) mass is 416 g/mol. The zero-order chi connectivity index (χ0) is 21.7. The summed E-state index contributed by atoms with van der Waals surface area (Å²) in [5, 5.41) is 2.61. The van der Waals surface area contributed by atoms with Gasteiger partial charge in [-0.15, -0.1) is 0 Å². The average molecular weight is 416 g/mol. The number of amides is 1. The summed E-state index contributed by atoms with van der Waals surface area (Å²) in [4.78, 5) is 22.9. The second kappa shape index (κ2) is 8.81. The lowest BCUT2D eigenvalue weighted by molar-refractivity contribution is -0.136. The van der Waals surface area contributed by atoms with Gasteiger partial charge in [0.15, 0.2) is 5.82 Å². The molecule has 1 amide bonds. The molecular weight excluding hydrogens is 397 g/mol. The minimum Gasteiger partial charge on any atom is -0.462 e. The number of carbonyl (C=O) groups excluding carboxylic acids is 1. The molecule has 0 spiro atoms. The molecule has 0 aliphatic carbocycles. The quantitative estimate of drug-likeness (QED) is 0.428. The topological polar surface area (TPSA) is 79.4 Å².